The Kier molecular flexibility index (Phi) is 4.88. The molecule has 1 atom stereocenters. The van der Waals surface area contributed by atoms with E-state index in [4.69, 9.17) is 10.8 Å². The minimum atomic E-state index is -1.10. The van der Waals surface area contributed by atoms with Crippen molar-refractivity contribution in [3.63, 3.8) is 0 Å². The zero-order valence-electron chi connectivity index (χ0n) is 11.3. The summed E-state index contributed by atoms with van der Waals surface area (Å²) in [6.45, 7) is 1.87. The van der Waals surface area contributed by atoms with Gasteiger partial charge in [-0.05, 0) is 30.7 Å². The van der Waals surface area contributed by atoms with E-state index < -0.39 is 17.9 Å². The maximum absolute atomic E-state index is 11.7. The Bertz CT molecular complexity index is 486. The standard InChI is InChI=1S/C13H19N3O3/c1-8-6-9(16(2)3)4-5-11(8)15-13(19)10(14)7-12(17)18/h4-6,10H,7,14H2,1-3H3,(H,15,19)(H,17,18). The van der Waals surface area contributed by atoms with Gasteiger partial charge >= 0.3 is 5.97 Å². The Morgan fingerprint density at radius 1 is 1.42 bits per heavy atom. The molecule has 1 unspecified atom stereocenters. The fraction of sp³-hybridized carbons (Fsp3) is 0.385. The second-order valence-electron chi connectivity index (χ2n) is 4.59. The molecule has 6 heteroatoms. The largest absolute Gasteiger partial charge is 0.481 e. The molecular weight excluding hydrogens is 246 g/mol. The second kappa shape index (κ2) is 6.19. The number of rotatable bonds is 5. The number of carbonyl (C=O) groups excluding carboxylic acids is 1. The Morgan fingerprint density at radius 3 is 2.53 bits per heavy atom. The molecule has 19 heavy (non-hydrogen) atoms. The van der Waals surface area contributed by atoms with Crippen molar-refractivity contribution >= 4 is 23.3 Å². The topological polar surface area (TPSA) is 95.7 Å². The van der Waals surface area contributed by atoms with Crippen LogP contribution in [0.5, 0.6) is 0 Å². The number of nitrogens with two attached hydrogens (primary N) is 1. The Morgan fingerprint density at radius 2 is 2.05 bits per heavy atom. The van der Waals surface area contributed by atoms with Gasteiger partial charge in [-0.1, -0.05) is 0 Å². The van der Waals surface area contributed by atoms with Crippen LogP contribution in [0, 0.1) is 6.92 Å². The lowest BCUT2D eigenvalue weighted by molar-refractivity contribution is -0.138. The van der Waals surface area contributed by atoms with Gasteiger partial charge in [0.1, 0.15) is 0 Å². The zero-order chi connectivity index (χ0) is 14.6. The predicted octanol–water partition coefficient (Wildman–Crippen LogP) is 0.802. The van der Waals surface area contributed by atoms with Crippen LogP contribution in [0.4, 0.5) is 11.4 Å². The summed E-state index contributed by atoms with van der Waals surface area (Å²) in [7, 11) is 3.85. The summed E-state index contributed by atoms with van der Waals surface area (Å²) in [6.07, 6.45) is -0.388. The van der Waals surface area contributed by atoms with Gasteiger partial charge in [0.2, 0.25) is 5.91 Å². The highest BCUT2D eigenvalue weighted by Crippen LogP contribution is 2.21. The molecule has 0 spiro atoms. The van der Waals surface area contributed by atoms with Gasteiger partial charge in [0.25, 0.3) is 0 Å². The number of nitrogens with one attached hydrogen (secondary N) is 1. The van der Waals surface area contributed by atoms with Crippen LogP contribution in [-0.4, -0.2) is 37.1 Å². The summed E-state index contributed by atoms with van der Waals surface area (Å²) in [5, 5.41) is 11.2. The highest BCUT2D eigenvalue weighted by Gasteiger charge is 2.17. The van der Waals surface area contributed by atoms with E-state index >= 15 is 0 Å². The molecule has 104 valence electrons. The Balaban J connectivity index is 2.77. The molecule has 0 aromatic heterocycles. The molecule has 4 N–H and O–H groups in total. The van der Waals surface area contributed by atoms with Gasteiger partial charge in [0.05, 0.1) is 12.5 Å². The minimum Gasteiger partial charge on any atom is -0.481 e. The molecule has 1 amide bonds. The van der Waals surface area contributed by atoms with Gasteiger partial charge in [-0.25, -0.2) is 0 Å². The van der Waals surface area contributed by atoms with Gasteiger partial charge in [0.15, 0.2) is 0 Å². The summed E-state index contributed by atoms with van der Waals surface area (Å²) >= 11 is 0. The van der Waals surface area contributed by atoms with Crippen molar-refractivity contribution in [2.45, 2.75) is 19.4 Å². The van der Waals surface area contributed by atoms with Crippen molar-refractivity contribution in [3.05, 3.63) is 23.8 Å². The maximum atomic E-state index is 11.7. The molecule has 1 aromatic rings. The highest BCUT2D eigenvalue weighted by molar-refractivity contribution is 5.97. The van der Waals surface area contributed by atoms with Gasteiger partial charge < -0.3 is 21.1 Å². The fourth-order valence-corrected chi connectivity index (χ4v) is 1.57. The number of carboxylic acids is 1. The predicted molar refractivity (Wildman–Crippen MR) is 74.4 cm³/mol. The zero-order valence-corrected chi connectivity index (χ0v) is 11.3. The van der Waals surface area contributed by atoms with Crippen LogP contribution in [-0.2, 0) is 9.59 Å². The lowest BCUT2D eigenvalue weighted by atomic mass is 10.1. The molecule has 0 bridgehead atoms. The van der Waals surface area contributed by atoms with Crippen LogP contribution in [0.2, 0.25) is 0 Å². The average molecular weight is 265 g/mol. The van der Waals surface area contributed by atoms with Gasteiger partial charge in [-0.2, -0.15) is 0 Å². The maximum Gasteiger partial charge on any atom is 0.305 e. The highest BCUT2D eigenvalue weighted by atomic mass is 16.4. The van der Waals surface area contributed by atoms with Crippen LogP contribution >= 0.6 is 0 Å². The Hall–Kier alpha value is -2.08. The molecule has 0 saturated heterocycles. The fourth-order valence-electron chi connectivity index (χ4n) is 1.57. The van der Waals surface area contributed by atoms with Gasteiger partial charge in [-0.15, -0.1) is 0 Å². The summed E-state index contributed by atoms with van der Waals surface area (Å²) in [5.74, 6) is -1.59. The lowest BCUT2D eigenvalue weighted by Gasteiger charge is -2.16. The van der Waals surface area contributed by atoms with E-state index in [1.165, 1.54) is 0 Å². The number of hydrogen-bond donors (Lipinski definition) is 3. The van der Waals surface area contributed by atoms with Crippen molar-refractivity contribution in [1.82, 2.24) is 0 Å². The van der Waals surface area contributed by atoms with Crippen molar-refractivity contribution < 1.29 is 14.7 Å². The van der Waals surface area contributed by atoms with E-state index in [1.807, 2.05) is 38.1 Å². The molecule has 0 radical (unpaired) electrons. The number of aryl methyl sites for hydroxylation is 1. The third kappa shape index (κ3) is 4.26. The van der Waals surface area contributed by atoms with E-state index in [2.05, 4.69) is 5.32 Å². The normalized spacial score (nSPS) is 11.8. The van der Waals surface area contributed by atoms with E-state index in [-0.39, 0.29) is 6.42 Å². The van der Waals surface area contributed by atoms with E-state index in [1.54, 1.807) is 6.07 Å². The van der Waals surface area contributed by atoms with E-state index in [0.717, 1.165) is 11.3 Å². The number of aliphatic carboxylic acids is 1. The van der Waals surface area contributed by atoms with Crippen molar-refractivity contribution in [1.29, 1.82) is 0 Å². The lowest BCUT2D eigenvalue weighted by Crippen LogP contribution is -2.37. The number of anilines is 2. The number of nitrogens with zero attached hydrogens (tertiary/aromatic N) is 1. The first-order chi connectivity index (χ1) is 8.81. The van der Waals surface area contributed by atoms with Crippen molar-refractivity contribution in [3.8, 4) is 0 Å². The van der Waals surface area contributed by atoms with Crippen LogP contribution < -0.4 is 16.0 Å². The number of amides is 1. The number of carbonyl (C=O) groups is 2. The second-order valence-corrected chi connectivity index (χ2v) is 4.59. The molecule has 0 aliphatic carbocycles. The van der Waals surface area contributed by atoms with Crippen LogP contribution in [0.15, 0.2) is 18.2 Å². The quantitative estimate of drug-likeness (QED) is 0.732. The molecule has 0 aliphatic rings. The van der Waals surface area contributed by atoms with E-state index in [0.29, 0.717) is 5.69 Å². The first kappa shape index (κ1) is 15.0. The first-order valence-electron chi connectivity index (χ1n) is 5.87. The molecule has 1 rings (SSSR count). The summed E-state index contributed by atoms with van der Waals surface area (Å²) in [6, 6.07) is 4.52. The van der Waals surface area contributed by atoms with E-state index in [9.17, 15) is 9.59 Å². The molecule has 6 nitrogen and oxygen atoms in total. The van der Waals surface area contributed by atoms with Crippen molar-refractivity contribution in [2.75, 3.05) is 24.3 Å². The summed E-state index contributed by atoms with van der Waals surface area (Å²) in [4.78, 5) is 24.1. The van der Waals surface area contributed by atoms with Gasteiger partial charge in [0, 0.05) is 25.5 Å². The number of carboxylic acid groups (broad SMARTS) is 1. The molecule has 0 saturated carbocycles. The van der Waals surface area contributed by atoms with Crippen LogP contribution in [0.1, 0.15) is 12.0 Å². The third-order valence-electron chi connectivity index (χ3n) is 2.72. The molecule has 0 fully saturated rings. The SMILES string of the molecule is Cc1cc(N(C)C)ccc1NC(=O)C(N)CC(=O)O. The minimum absolute atomic E-state index is 0.388. The summed E-state index contributed by atoms with van der Waals surface area (Å²) in [5.41, 5.74) is 8.04. The van der Waals surface area contributed by atoms with Crippen LogP contribution in [0.3, 0.4) is 0 Å². The smallest absolute Gasteiger partial charge is 0.305 e. The van der Waals surface area contributed by atoms with Crippen molar-refractivity contribution in [2.24, 2.45) is 5.73 Å². The number of benzene rings is 1. The van der Waals surface area contributed by atoms with Gasteiger partial charge in [-0.3, -0.25) is 9.59 Å². The molecule has 0 aliphatic heterocycles. The summed E-state index contributed by atoms with van der Waals surface area (Å²) < 4.78 is 0. The molecular formula is C13H19N3O3. The Labute approximate surface area is 112 Å². The third-order valence-corrected chi connectivity index (χ3v) is 2.72. The molecule has 0 heterocycles. The first-order valence-corrected chi connectivity index (χ1v) is 5.87. The number of hydrogen-bond acceptors (Lipinski definition) is 4. The van der Waals surface area contributed by atoms with Crippen LogP contribution in [0.25, 0.3) is 0 Å². The monoisotopic (exact) mass is 265 g/mol. The average Bonchev–Trinajstić information content (AvgIpc) is 2.30. The molecule has 1 aromatic carbocycles.